The summed E-state index contributed by atoms with van der Waals surface area (Å²) in [6.45, 7) is 1.42. The van der Waals surface area contributed by atoms with Crippen molar-refractivity contribution in [2.45, 2.75) is 13.2 Å². The number of fused-ring (bicyclic) bond motifs is 1. The van der Waals surface area contributed by atoms with Crippen molar-refractivity contribution in [2.24, 2.45) is 4.99 Å². The first-order chi connectivity index (χ1) is 10.8. The van der Waals surface area contributed by atoms with Gasteiger partial charge in [0, 0.05) is 11.4 Å². The number of nitrogens with two attached hydrogens (primary N) is 1. The van der Waals surface area contributed by atoms with E-state index >= 15 is 0 Å². The van der Waals surface area contributed by atoms with Crippen molar-refractivity contribution in [3.8, 4) is 0 Å². The third-order valence-corrected chi connectivity index (χ3v) is 3.57. The minimum Gasteiger partial charge on any atom is -0.399 e. The highest BCUT2D eigenvalue weighted by molar-refractivity contribution is 6.00. The molecule has 1 aliphatic heterocycles. The Morgan fingerprint density at radius 2 is 1.57 bits per heavy atom. The maximum Gasteiger partial charge on any atom is 0.199 e. The first-order valence-electron chi connectivity index (χ1n) is 6.57. The van der Waals surface area contributed by atoms with E-state index in [-0.39, 0.29) is 5.84 Å². The number of aliphatic hydroxyl groups is 1. The van der Waals surface area contributed by atoms with Crippen LogP contribution in [0.3, 0.4) is 0 Å². The number of halogens is 4. The third-order valence-electron chi connectivity index (χ3n) is 3.57. The highest BCUT2D eigenvalue weighted by Crippen LogP contribution is 2.41. The normalized spacial score (nSPS) is 17.0. The molecule has 0 radical (unpaired) electrons. The number of hydrogen-bond acceptors (Lipinski definition) is 4. The van der Waals surface area contributed by atoms with E-state index in [1.54, 1.807) is 0 Å². The SMILES string of the molecule is CC1=Nc2c(F)c(F)c(F)c(F)c2C(O)N1c1ccc(N)cc1. The molecule has 4 nitrogen and oxygen atoms in total. The molecule has 3 N–H and O–H groups in total. The summed E-state index contributed by atoms with van der Waals surface area (Å²) in [5, 5.41) is 10.4. The molecule has 2 aromatic carbocycles. The van der Waals surface area contributed by atoms with Gasteiger partial charge in [-0.25, -0.2) is 22.6 Å². The third kappa shape index (κ3) is 2.22. The number of nitrogens with zero attached hydrogens (tertiary/aromatic N) is 2. The van der Waals surface area contributed by atoms with Gasteiger partial charge in [0.25, 0.3) is 0 Å². The number of aliphatic imine (C=N–C) groups is 1. The summed E-state index contributed by atoms with van der Waals surface area (Å²) in [6.07, 6.45) is -1.77. The molecule has 0 spiro atoms. The Hall–Kier alpha value is -2.61. The number of amidine groups is 1. The second-order valence-corrected chi connectivity index (χ2v) is 5.01. The van der Waals surface area contributed by atoms with E-state index in [4.69, 9.17) is 5.73 Å². The van der Waals surface area contributed by atoms with Gasteiger partial charge in [0.05, 0.1) is 5.56 Å². The Morgan fingerprint density at radius 1 is 1.00 bits per heavy atom. The molecule has 0 saturated carbocycles. The summed E-state index contributed by atoms with van der Waals surface area (Å²) in [6, 6.07) is 6.12. The minimum atomic E-state index is -1.99. The largest absolute Gasteiger partial charge is 0.399 e. The predicted octanol–water partition coefficient (Wildman–Crippen LogP) is 3.39. The molecule has 0 bridgehead atoms. The molecule has 120 valence electrons. The molecule has 0 amide bonds. The highest BCUT2D eigenvalue weighted by Gasteiger charge is 2.36. The molecule has 8 heteroatoms. The van der Waals surface area contributed by atoms with Crippen LogP contribution in [-0.2, 0) is 0 Å². The van der Waals surface area contributed by atoms with Crippen LogP contribution in [0.2, 0.25) is 0 Å². The van der Waals surface area contributed by atoms with Crippen LogP contribution in [0, 0.1) is 23.3 Å². The highest BCUT2D eigenvalue weighted by atomic mass is 19.2. The van der Waals surface area contributed by atoms with Gasteiger partial charge >= 0.3 is 0 Å². The summed E-state index contributed by atoms with van der Waals surface area (Å²) >= 11 is 0. The fraction of sp³-hybridized carbons (Fsp3) is 0.133. The van der Waals surface area contributed by atoms with E-state index in [0.29, 0.717) is 11.4 Å². The Kier molecular flexibility index (Phi) is 3.48. The van der Waals surface area contributed by atoms with Crippen LogP contribution in [-0.4, -0.2) is 10.9 Å². The van der Waals surface area contributed by atoms with Crippen LogP contribution in [0.1, 0.15) is 18.7 Å². The van der Waals surface area contributed by atoms with Gasteiger partial charge < -0.3 is 10.8 Å². The second-order valence-electron chi connectivity index (χ2n) is 5.01. The molecule has 1 aliphatic rings. The lowest BCUT2D eigenvalue weighted by molar-refractivity contribution is 0.178. The molecule has 2 aromatic rings. The van der Waals surface area contributed by atoms with Crippen LogP contribution in [0.15, 0.2) is 29.3 Å². The van der Waals surface area contributed by atoms with Gasteiger partial charge in [-0.15, -0.1) is 0 Å². The zero-order valence-electron chi connectivity index (χ0n) is 11.8. The Bertz CT molecular complexity index is 821. The smallest absolute Gasteiger partial charge is 0.199 e. The second kappa shape index (κ2) is 5.24. The summed E-state index contributed by atoms with van der Waals surface area (Å²) in [7, 11) is 0. The first-order valence-corrected chi connectivity index (χ1v) is 6.57. The number of rotatable bonds is 1. The molecule has 0 fully saturated rings. The molecular weight excluding hydrogens is 314 g/mol. The van der Waals surface area contributed by atoms with Gasteiger partial charge in [-0.05, 0) is 31.2 Å². The van der Waals surface area contributed by atoms with Crippen molar-refractivity contribution in [2.75, 3.05) is 10.6 Å². The molecule has 1 atom stereocenters. The molecule has 0 aromatic heterocycles. The van der Waals surface area contributed by atoms with Gasteiger partial charge in [-0.3, -0.25) is 4.90 Å². The van der Waals surface area contributed by atoms with Gasteiger partial charge in [0.15, 0.2) is 29.5 Å². The predicted molar refractivity (Wildman–Crippen MR) is 77.3 cm³/mol. The van der Waals surface area contributed by atoms with E-state index < -0.39 is 40.7 Å². The van der Waals surface area contributed by atoms with Crippen LogP contribution in [0.5, 0.6) is 0 Å². The monoisotopic (exact) mass is 325 g/mol. The maximum absolute atomic E-state index is 14.0. The molecule has 0 saturated heterocycles. The molecule has 1 unspecified atom stereocenters. The lowest BCUT2D eigenvalue weighted by Gasteiger charge is -2.34. The Balaban J connectivity index is 2.21. The first kappa shape index (κ1) is 15.3. The molecule has 0 aliphatic carbocycles. The van der Waals surface area contributed by atoms with Crippen molar-refractivity contribution >= 4 is 22.9 Å². The lowest BCUT2D eigenvalue weighted by atomic mass is 10.1. The molecule has 1 heterocycles. The van der Waals surface area contributed by atoms with Crippen LogP contribution >= 0.6 is 0 Å². The molecule has 23 heavy (non-hydrogen) atoms. The van der Waals surface area contributed by atoms with E-state index in [2.05, 4.69) is 4.99 Å². The van der Waals surface area contributed by atoms with Crippen molar-refractivity contribution in [3.63, 3.8) is 0 Å². The van der Waals surface area contributed by atoms with Crippen molar-refractivity contribution < 1.29 is 22.7 Å². The van der Waals surface area contributed by atoms with E-state index in [1.807, 2.05) is 0 Å². The van der Waals surface area contributed by atoms with Gasteiger partial charge in [-0.2, -0.15) is 0 Å². The topological polar surface area (TPSA) is 61.9 Å². The molecular formula is C15H11F4N3O. The lowest BCUT2D eigenvalue weighted by Crippen LogP contribution is -2.36. The van der Waals surface area contributed by atoms with Gasteiger partial charge in [0.1, 0.15) is 11.5 Å². The summed E-state index contributed by atoms with van der Waals surface area (Å²) in [5.74, 6) is -7.20. The molecule has 3 rings (SSSR count). The quantitative estimate of drug-likeness (QED) is 0.366. The van der Waals surface area contributed by atoms with Crippen molar-refractivity contribution in [1.82, 2.24) is 0 Å². The zero-order valence-corrected chi connectivity index (χ0v) is 11.8. The van der Waals surface area contributed by atoms with E-state index in [1.165, 1.54) is 31.2 Å². The van der Waals surface area contributed by atoms with Crippen LogP contribution < -0.4 is 10.6 Å². The Morgan fingerprint density at radius 3 is 2.17 bits per heavy atom. The summed E-state index contributed by atoms with van der Waals surface area (Å²) < 4.78 is 54.6. The number of aliphatic hydroxyl groups excluding tert-OH is 1. The fourth-order valence-electron chi connectivity index (χ4n) is 2.47. The van der Waals surface area contributed by atoms with E-state index in [9.17, 15) is 22.7 Å². The van der Waals surface area contributed by atoms with Gasteiger partial charge in [0.2, 0.25) is 0 Å². The summed E-state index contributed by atoms with van der Waals surface area (Å²) in [4.78, 5) is 4.92. The van der Waals surface area contributed by atoms with E-state index in [0.717, 1.165) is 4.90 Å². The van der Waals surface area contributed by atoms with Crippen LogP contribution in [0.4, 0.5) is 34.6 Å². The fourth-order valence-corrected chi connectivity index (χ4v) is 2.47. The standard InChI is InChI=1S/C15H11F4N3O/c1-6-21-14-9(10(16)11(17)12(18)13(14)19)15(23)22(6)8-4-2-7(20)3-5-8/h2-5,15,23H,20H2,1H3. The van der Waals surface area contributed by atoms with Crippen LogP contribution in [0.25, 0.3) is 0 Å². The average molecular weight is 325 g/mol. The maximum atomic E-state index is 14.0. The number of benzene rings is 2. The number of nitrogen functional groups attached to an aromatic ring is 1. The minimum absolute atomic E-state index is 0.0825. The number of anilines is 2. The zero-order chi connectivity index (χ0) is 16.9. The number of hydrogen-bond donors (Lipinski definition) is 2. The summed E-state index contributed by atoms with van der Waals surface area (Å²) in [5.41, 5.74) is 4.90. The average Bonchev–Trinajstić information content (AvgIpc) is 2.52. The van der Waals surface area contributed by atoms with Crippen molar-refractivity contribution in [3.05, 3.63) is 53.1 Å². The van der Waals surface area contributed by atoms with Gasteiger partial charge in [-0.1, -0.05) is 0 Å². The van der Waals surface area contributed by atoms with Crippen molar-refractivity contribution in [1.29, 1.82) is 0 Å². The Labute approximate surface area is 128 Å².